The Labute approximate surface area is 181 Å². The molecule has 2 saturated heterocycles. The van der Waals surface area contributed by atoms with Gasteiger partial charge < -0.3 is 20.1 Å². The van der Waals surface area contributed by atoms with Crippen LogP contribution in [0, 0.1) is 0 Å². The van der Waals surface area contributed by atoms with Gasteiger partial charge in [0, 0.05) is 57.4 Å². The molecule has 2 heterocycles. The Morgan fingerprint density at radius 1 is 1.17 bits per heavy atom. The van der Waals surface area contributed by atoms with Crippen LogP contribution in [0.5, 0.6) is 5.75 Å². The molecule has 4 rings (SSSR count). The lowest BCUT2D eigenvalue weighted by atomic mass is 9.74. The second kappa shape index (κ2) is 10.0. The Bertz CT molecular complexity index is 694. The average Bonchev–Trinajstić information content (AvgIpc) is 3.49. The summed E-state index contributed by atoms with van der Waals surface area (Å²) < 4.78 is 11.0. The summed E-state index contributed by atoms with van der Waals surface area (Å²) in [7, 11) is 3.59. The van der Waals surface area contributed by atoms with E-state index in [1.807, 2.05) is 7.05 Å². The van der Waals surface area contributed by atoms with Gasteiger partial charge in [0.25, 0.3) is 0 Å². The fourth-order valence-electron chi connectivity index (χ4n) is 5.42. The number of ether oxygens (including phenoxy) is 2. The minimum atomic E-state index is 0.0632. The molecule has 0 aromatic heterocycles. The molecule has 1 aromatic rings. The molecule has 1 unspecified atom stereocenters. The molecule has 1 aromatic carbocycles. The van der Waals surface area contributed by atoms with Gasteiger partial charge in [0.1, 0.15) is 5.75 Å². The summed E-state index contributed by atoms with van der Waals surface area (Å²) in [5, 5.41) is 7.34. The van der Waals surface area contributed by atoms with E-state index < -0.39 is 0 Å². The molecule has 6 heteroatoms. The van der Waals surface area contributed by atoms with Crippen molar-refractivity contribution >= 4 is 5.96 Å². The smallest absolute Gasteiger partial charge is 0.191 e. The molecule has 30 heavy (non-hydrogen) atoms. The van der Waals surface area contributed by atoms with Gasteiger partial charge in [0.15, 0.2) is 5.96 Å². The standard InChI is InChI=1S/C24H38N4O2/c1-25-23(27-20-11-14-28(17-20)21-5-3-4-6-21)26-18-24(12-15-30-16-13-24)19-7-9-22(29-2)10-8-19/h7-10,20-21H,3-6,11-18H2,1-2H3,(H2,25,26,27). The van der Waals surface area contributed by atoms with E-state index in [9.17, 15) is 0 Å². The van der Waals surface area contributed by atoms with E-state index in [-0.39, 0.29) is 5.41 Å². The molecular weight excluding hydrogens is 376 g/mol. The fourth-order valence-corrected chi connectivity index (χ4v) is 5.42. The highest BCUT2D eigenvalue weighted by Crippen LogP contribution is 2.35. The minimum absolute atomic E-state index is 0.0632. The van der Waals surface area contributed by atoms with Crippen LogP contribution in [0.4, 0.5) is 0 Å². The molecule has 166 valence electrons. The second-order valence-corrected chi connectivity index (χ2v) is 9.11. The van der Waals surface area contributed by atoms with E-state index in [2.05, 4.69) is 44.8 Å². The number of hydrogen-bond acceptors (Lipinski definition) is 4. The lowest BCUT2D eigenvalue weighted by Gasteiger charge is -2.38. The average molecular weight is 415 g/mol. The third-order valence-corrected chi connectivity index (χ3v) is 7.37. The molecule has 1 saturated carbocycles. The van der Waals surface area contributed by atoms with Crippen LogP contribution in [-0.4, -0.2) is 69.9 Å². The molecule has 2 N–H and O–H groups in total. The Morgan fingerprint density at radius 2 is 1.90 bits per heavy atom. The first-order valence-corrected chi connectivity index (χ1v) is 11.7. The molecule has 0 bridgehead atoms. The molecule has 1 atom stereocenters. The summed E-state index contributed by atoms with van der Waals surface area (Å²) in [6, 6.07) is 9.85. The van der Waals surface area contributed by atoms with E-state index in [4.69, 9.17) is 9.47 Å². The van der Waals surface area contributed by atoms with Gasteiger partial charge in [-0.25, -0.2) is 0 Å². The van der Waals surface area contributed by atoms with E-state index in [1.165, 1.54) is 44.2 Å². The van der Waals surface area contributed by atoms with Crippen molar-refractivity contribution < 1.29 is 9.47 Å². The van der Waals surface area contributed by atoms with Crippen molar-refractivity contribution in [2.45, 2.75) is 62.4 Å². The lowest BCUT2D eigenvalue weighted by Crippen LogP contribution is -2.50. The van der Waals surface area contributed by atoms with Gasteiger partial charge in [-0.2, -0.15) is 0 Å². The van der Waals surface area contributed by atoms with E-state index >= 15 is 0 Å². The number of hydrogen-bond donors (Lipinski definition) is 2. The maximum Gasteiger partial charge on any atom is 0.191 e. The van der Waals surface area contributed by atoms with E-state index in [0.717, 1.165) is 56.9 Å². The number of methoxy groups -OCH3 is 1. The topological polar surface area (TPSA) is 58.1 Å². The normalized spacial score (nSPS) is 25.4. The monoisotopic (exact) mass is 414 g/mol. The Morgan fingerprint density at radius 3 is 2.57 bits per heavy atom. The summed E-state index contributed by atoms with van der Waals surface area (Å²) in [6.07, 6.45) is 8.80. The summed E-state index contributed by atoms with van der Waals surface area (Å²) in [5.74, 6) is 1.83. The predicted molar refractivity (Wildman–Crippen MR) is 121 cm³/mol. The van der Waals surface area contributed by atoms with Gasteiger partial charge in [-0.3, -0.25) is 9.89 Å². The number of nitrogens with zero attached hydrogens (tertiary/aromatic N) is 2. The van der Waals surface area contributed by atoms with Gasteiger partial charge in [-0.15, -0.1) is 0 Å². The number of benzene rings is 1. The van der Waals surface area contributed by atoms with Crippen LogP contribution in [-0.2, 0) is 10.2 Å². The van der Waals surface area contributed by atoms with Crippen molar-refractivity contribution in [3.05, 3.63) is 29.8 Å². The van der Waals surface area contributed by atoms with Crippen LogP contribution >= 0.6 is 0 Å². The molecule has 3 aliphatic rings. The number of aliphatic imine (C=N–C) groups is 1. The highest BCUT2D eigenvalue weighted by Gasteiger charge is 2.35. The number of likely N-dealkylation sites (tertiary alicyclic amines) is 1. The summed E-state index contributed by atoms with van der Waals surface area (Å²) in [4.78, 5) is 7.23. The van der Waals surface area contributed by atoms with Crippen LogP contribution in [0.25, 0.3) is 0 Å². The summed E-state index contributed by atoms with van der Waals surface area (Å²) in [5.41, 5.74) is 1.41. The molecular formula is C24H38N4O2. The van der Waals surface area contributed by atoms with Crippen LogP contribution in [0.2, 0.25) is 0 Å². The molecule has 1 aliphatic carbocycles. The van der Waals surface area contributed by atoms with E-state index in [0.29, 0.717) is 6.04 Å². The van der Waals surface area contributed by atoms with Crippen molar-refractivity contribution in [2.75, 3.05) is 47.0 Å². The highest BCUT2D eigenvalue weighted by atomic mass is 16.5. The zero-order valence-electron chi connectivity index (χ0n) is 18.7. The molecule has 0 spiro atoms. The van der Waals surface area contributed by atoms with Crippen molar-refractivity contribution in [1.29, 1.82) is 0 Å². The van der Waals surface area contributed by atoms with Gasteiger partial charge in [0.05, 0.1) is 7.11 Å². The number of guanidine groups is 1. The first kappa shape index (κ1) is 21.4. The van der Waals surface area contributed by atoms with Crippen molar-refractivity contribution in [3.8, 4) is 5.75 Å². The molecule has 0 amide bonds. The number of rotatable bonds is 6. The van der Waals surface area contributed by atoms with Crippen LogP contribution in [0.1, 0.15) is 50.5 Å². The summed E-state index contributed by atoms with van der Waals surface area (Å²) in [6.45, 7) is 4.83. The minimum Gasteiger partial charge on any atom is -0.497 e. The highest BCUT2D eigenvalue weighted by molar-refractivity contribution is 5.80. The number of nitrogens with one attached hydrogen (secondary N) is 2. The first-order chi connectivity index (χ1) is 14.7. The van der Waals surface area contributed by atoms with Crippen LogP contribution in [0.15, 0.2) is 29.3 Å². The van der Waals surface area contributed by atoms with E-state index in [1.54, 1.807) is 7.11 Å². The zero-order valence-corrected chi connectivity index (χ0v) is 18.7. The molecule has 2 aliphatic heterocycles. The van der Waals surface area contributed by atoms with Gasteiger partial charge in [0.2, 0.25) is 0 Å². The Hall–Kier alpha value is -1.79. The van der Waals surface area contributed by atoms with Gasteiger partial charge in [-0.1, -0.05) is 25.0 Å². The zero-order chi connectivity index (χ0) is 20.8. The maximum absolute atomic E-state index is 5.69. The largest absolute Gasteiger partial charge is 0.497 e. The molecule has 6 nitrogen and oxygen atoms in total. The van der Waals surface area contributed by atoms with Crippen LogP contribution in [0.3, 0.4) is 0 Å². The van der Waals surface area contributed by atoms with Crippen molar-refractivity contribution in [2.24, 2.45) is 4.99 Å². The Balaban J connectivity index is 1.36. The first-order valence-electron chi connectivity index (χ1n) is 11.7. The van der Waals surface area contributed by atoms with Crippen molar-refractivity contribution in [3.63, 3.8) is 0 Å². The van der Waals surface area contributed by atoms with Crippen molar-refractivity contribution in [1.82, 2.24) is 15.5 Å². The third kappa shape index (κ3) is 4.92. The van der Waals surface area contributed by atoms with Gasteiger partial charge in [-0.05, 0) is 49.8 Å². The second-order valence-electron chi connectivity index (χ2n) is 9.11. The SMILES string of the molecule is CN=C(NCC1(c2ccc(OC)cc2)CCOCC1)NC1CCN(C2CCCC2)C1. The predicted octanol–water partition coefficient (Wildman–Crippen LogP) is 2.93. The summed E-state index contributed by atoms with van der Waals surface area (Å²) >= 11 is 0. The van der Waals surface area contributed by atoms with Crippen LogP contribution < -0.4 is 15.4 Å². The molecule has 3 fully saturated rings. The fraction of sp³-hybridized carbons (Fsp3) is 0.708. The van der Waals surface area contributed by atoms with Gasteiger partial charge >= 0.3 is 0 Å². The Kier molecular flexibility index (Phi) is 7.16. The third-order valence-electron chi connectivity index (χ3n) is 7.37. The molecule has 0 radical (unpaired) electrons. The lowest BCUT2D eigenvalue weighted by molar-refractivity contribution is 0.0513. The quantitative estimate of drug-likeness (QED) is 0.554. The maximum atomic E-state index is 5.69.